The quantitative estimate of drug-likeness (QED) is 0.229. The molecule has 7 nitrogen and oxygen atoms in total. The molecule has 1 aliphatic rings. The zero-order valence-corrected chi connectivity index (χ0v) is 25.6. The fraction of sp³-hybridized carbons (Fsp3) is 0.265. The van der Waals surface area contributed by atoms with E-state index < -0.39 is 11.7 Å². The molecule has 1 atom stereocenters. The molecular weight excluding hydrogens is 594 g/mol. The molecule has 1 aromatic heterocycles. The second kappa shape index (κ2) is 12.4. The van der Waals surface area contributed by atoms with Gasteiger partial charge in [0.2, 0.25) is 0 Å². The van der Waals surface area contributed by atoms with E-state index in [1.54, 1.807) is 4.90 Å². The van der Waals surface area contributed by atoms with Crippen LogP contribution in [-0.2, 0) is 11.2 Å². The first-order chi connectivity index (χ1) is 20.1. The summed E-state index contributed by atoms with van der Waals surface area (Å²) >= 11 is 3.54. The third-order valence-electron chi connectivity index (χ3n) is 7.25. The number of nitrogens with one attached hydrogen (secondary N) is 1. The van der Waals surface area contributed by atoms with Crippen molar-refractivity contribution in [3.63, 3.8) is 0 Å². The van der Waals surface area contributed by atoms with Crippen LogP contribution in [0.4, 0.5) is 4.79 Å². The van der Waals surface area contributed by atoms with Crippen LogP contribution < -0.4 is 0 Å². The van der Waals surface area contributed by atoms with Crippen LogP contribution in [0.15, 0.2) is 89.4 Å². The maximum absolute atomic E-state index is 14.5. The molecule has 1 fully saturated rings. The SMILES string of the molecule is CC(C)(C)OC(=O)N1CCN(C(=O)c2[nH]c(C=O)c(-c3cccc(Br)c3)c2-c2ccccc2)[C@H](Cc2ccccc2)C1. The normalized spacial score (nSPS) is 15.4. The maximum Gasteiger partial charge on any atom is 0.410 e. The number of H-pyrrole nitrogens is 1. The Morgan fingerprint density at radius 3 is 2.24 bits per heavy atom. The lowest BCUT2D eigenvalue weighted by atomic mass is 9.94. The number of hydrogen-bond acceptors (Lipinski definition) is 4. The van der Waals surface area contributed by atoms with Crippen LogP contribution in [-0.4, -0.2) is 64.3 Å². The van der Waals surface area contributed by atoms with Gasteiger partial charge in [-0.2, -0.15) is 0 Å². The van der Waals surface area contributed by atoms with Gasteiger partial charge in [0.15, 0.2) is 6.29 Å². The Labute approximate surface area is 254 Å². The maximum atomic E-state index is 14.5. The largest absolute Gasteiger partial charge is 0.444 e. The standard InChI is InChI=1S/C34H34BrN3O4/c1-34(2,3)42-33(41)37-17-18-38(27(21-37)19-23-11-6-4-7-12-23)32(40)31-30(24-13-8-5-9-14-24)29(28(22-39)36-31)25-15-10-16-26(35)20-25/h4-16,20,22,27,36H,17-19,21H2,1-3H3/t27-/m1/s1. The number of halogens is 1. The summed E-state index contributed by atoms with van der Waals surface area (Å²) in [5.41, 5.74) is 4.11. The van der Waals surface area contributed by atoms with Crippen LogP contribution in [0.1, 0.15) is 47.3 Å². The van der Waals surface area contributed by atoms with Gasteiger partial charge in [-0.3, -0.25) is 9.59 Å². The molecule has 5 rings (SSSR count). The lowest BCUT2D eigenvalue weighted by Crippen LogP contribution is -2.58. The third-order valence-corrected chi connectivity index (χ3v) is 7.74. The van der Waals surface area contributed by atoms with E-state index in [-0.39, 0.29) is 11.9 Å². The van der Waals surface area contributed by atoms with Gasteiger partial charge in [0.25, 0.3) is 5.91 Å². The van der Waals surface area contributed by atoms with Crippen molar-refractivity contribution in [2.24, 2.45) is 0 Å². The Balaban J connectivity index is 1.57. The van der Waals surface area contributed by atoms with E-state index in [9.17, 15) is 14.4 Å². The number of ether oxygens (including phenoxy) is 1. The number of benzene rings is 3. The first-order valence-electron chi connectivity index (χ1n) is 14.0. The zero-order chi connectivity index (χ0) is 29.9. The molecule has 2 heterocycles. The Hall–Kier alpha value is -4.17. The number of hydrogen-bond donors (Lipinski definition) is 1. The first kappa shape index (κ1) is 29.3. The highest BCUT2D eigenvalue weighted by Crippen LogP contribution is 2.39. The van der Waals surface area contributed by atoms with Gasteiger partial charge < -0.3 is 19.5 Å². The van der Waals surface area contributed by atoms with Gasteiger partial charge in [-0.15, -0.1) is 0 Å². The third kappa shape index (κ3) is 6.49. The van der Waals surface area contributed by atoms with Gasteiger partial charge in [0.05, 0.1) is 11.7 Å². The molecule has 2 amide bonds. The molecule has 1 aliphatic heterocycles. The Morgan fingerprint density at radius 2 is 1.60 bits per heavy atom. The van der Waals surface area contributed by atoms with Gasteiger partial charge in [0, 0.05) is 35.2 Å². The van der Waals surface area contributed by atoms with E-state index in [2.05, 4.69) is 20.9 Å². The number of aldehydes is 1. The molecule has 0 spiro atoms. The molecule has 3 aromatic carbocycles. The van der Waals surface area contributed by atoms with E-state index in [0.717, 1.165) is 27.4 Å². The topological polar surface area (TPSA) is 82.7 Å². The molecule has 8 heteroatoms. The molecule has 216 valence electrons. The average molecular weight is 629 g/mol. The van der Waals surface area contributed by atoms with Gasteiger partial charge in [0.1, 0.15) is 11.3 Å². The number of carbonyl (C=O) groups is 3. The lowest BCUT2D eigenvalue weighted by Gasteiger charge is -2.41. The molecule has 1 N–H and O–H groups in total. The summed E-state index contributed by atoms with van der Waals surface area (Å²) in [5.74, 6) is -0.219. The summed E-state index contributed by atoms with van der Waals surface area (Å²) < 4.78 is 6.53. The summed E-state index contributed by atoms with van der Waals surface area (Å²) in [4.78, 5) is 46.6. The van der Waals surface area contributed by atoms with Gasteiger partial charge in [-0.05, 0) is 56.0 Å². The summed E-state index contributed by atoms with van der Waals surface area (Å²) in [5, 5.41) is 0. The molecule has 0 saturated carbocycles. The molecule has 42 heavy (non-hydrogen) atoms. The summed E-state index contributed by atoms with van der Waals surface area (Å²) in [6.45, 7) is 6.52. The minimum atomic E-state index is -0.623. The number of nitrogens with zero attached hydrogens (tertiary/aromatic N) is 2. The first-order valence-corrected chi connectivity index (χ1v) is 14.8. The van der Waals surface area contributed by atoms with Crippen molar-refractivity contribution in [1.29, 1.82) is 0 Å². The van der Waals surface area contributed by atoms with Crippen molar-refractivity contribution in [3.8, 4) is 22.3 Å². The highest BCUT2D eigenvalue weighted by atomic mass is 79.9. The molecule has 0 radical (unpaired) electrons. The fourth-order valence-corrected chi connectivity index (χ4v) is 5.82. The molecule has 1 saturated heterocycles. The van der Waals surface area contributed by atoms with Crippen molar-refractivity contribution in [3.05, 3.63) is 106 Å². The average Bonchev–Trinajstić information content (AvgIpc) is 3.37. The van der Waals surface area contributed by atoms with E-state index in [1.807, 2.05) is 111 Å². The molecule has 0 bridgehead atoms. The van der Waals surface area contributed by atoms with Crippen molar-refractivity contribution in [1.82, 2.24) is 14.8 Å². The Morgan fingerprint density at radius 1 is 0.929 bits per heavy atom. The highest BCUT2D eigenvalue weighted by Gasteiger charge is 2.37. The second-order valence-electron chi connectivity index (χ2n) is 11.4. The van der Waals surface area contributed by atoms with E-state index in [4.69, 9.17) is 4.74 Å². The minimum absolute atomic E-state index is 0.219. The molecular formula is C34H34BrN3O4. The smallest absolute Gasteiger partial charge is 0.410 e. The number of aromatic amines is 1. The second-order valence-corrected chi connectivity index (χ2v) is 12.3. The van der Waals surface area contributed by atoms with E-state index in [1.165, 1.54) is 0 Å². The van der Waals surface area contributed by atoms with Gasteiger partial charge in [-0.25, -0.2) is 4.79 Å². The number of carbonyl (C=O) groups excluding carboxylic acids is 3. The van der Waals surface area contributed by atoms with E-state index >= 15 is 0 Å². The van der Waals surface area contributed by atoms with Crippen LogP contribution in [0.5, 0.6) is 0 Å². The summed E-state index contributed by atoms with van der Waals surface area (Å²) in [6.07, 6.45) is 0.936. The Kier molecular flexibility index (Phi) is 8.64. The van der Waals surface area contributed by atoms with Crippen molar-refractivity contribution >= 4 is 34.2 Å². The molecule has 0 unspecified atom stereocenters. The minimum Gasteiger partial charge on any atom is -0.444 e. The van der Waals surface area contributed by atoms with Crippen molar-refractivity contribution < 1.29 is 19.1 Å². The van der Waals surface area contributed by atoms with Crippen molar-refractivity contribution in [2.75, 3.05) is 19.6 Å². The van der Waals surface area contributed by atoms with Crippen LogP contribution >= 0.6 is 15.9 Å². The molecule has 0 aliphatic carbocycles. The van der Waals surface area contributed by atoms with Crippen molar-refractivity contribution in [2.45, 2.75) is 38.8 Å². The fourth-order valence-electron chi connectivity index (χ4n) is 5.42. The number of piperazine rings is 1. The number of aromatic nitrogens is 1. The Bertz CT molecular complexity index is 1580. The summed E-state index contributed by atoms with van der Waals surface area (Å²) in [7, 11) is 0. The highest BCUT2D eigenvalue weighted by molar-refractivity contribution is 9.10. The van der Waals surface area contributed by atoms with Crippen LogP contribution in [0, 0.1) is 0 Å². The van der Waals surface area contributed by atoms with Crippen LogP contribution in [0.25, 0.3) is 22.3 Å². The van der Waals surface area contributed by atoms with Crippen LogP contribution in [0.3, 0.4) is 0 Å². The molecule has 4 aromatic rings. The summed E-state index contributed by atoms with van der Waals surface area (Å²) in [6, 6.07) is 27.0. The lowest BCUT2D eigenvalue weighted by molar-refractivity contribution is 0.00429. The monoisotopic (exact) mass is 627 g/mol. The number of rotatable bonds is 6. The van der Waals surface area contributed by atoms with Gasteiger partial charge >= 0.3 is 6.09 Å². The van der Waals surface area contributed by atoms with Gasteiger partial charge in [-0.1, -0.05) is 88.7 Å². The predicted octanol–water partition coefficient (Wildman–Crippen LogP) is 7.23. The van der Waals surface area contributed by atoms with Crippen LogP contribution in [0.2, 0.25) is 0 Å². The predicted molar refractivity (Wildman–Crippen MR) is 168 cm³/mol. The number of amides is 2. The van der Waals surface area contributed by atoms with E-state index in [0.29, 0.717) is 48.6 Å². The zero-order valence-electron chi connectivity index (χ0n) is 24.0.